The maximum Gasteiger partial charge on any atom is 0.138 e. The predicted molar refractivity (Wildman–Crippen MR) is 92.9 cm³/mol. The molecule has 106 valence electrons. The van der Waals surface area contributed by atoms with Gasteiger partial charge >= 0.3 is 0 Å². The number of pyridine rings is 1. The van der Waals surface area contributed by atoms with Gasteiger partial charge in [-0.15, -0.1) is 0 Å². The number of nitrogens with zero attached hydrogens (tertiary/aromatic N) is 1. The van der Waals surface area contributed by atoms with Crippen LogP contribution in [0.4, 0.5) is 0 Å². The van der Waals surface area contributed by atoms with E-state index in [9.17, 15) is 0 Å². The van der Waals surface area contributed by atoms with Gasteiger partial charge in [-0.05, 0) is 71.8 Å². The van der Waals surface area contributed by atoms with Crippen LogP contribution < -0.4 is 10.5 Å². The third kappa shape index (κ3) is 3.93. The number of nitrogens with two attached hydrogens (primary N) is 1. The molecule has 0 spiro atoms. The number of benzene rings is 1. The highest BCUT2D eigenvalue weighted by molar-refractivity contribution is 14.1. The zero-order valence-corrected chi connectivity index (χ0v) is 15.1. The van der Waals surface area contributed by atoms with E-state index in [0.29, 0.717) is 0 Å². The third-order valence-corrected chi connectivity index (χ3v) is 4.15. The topological polar surface area (TPSA) is 48.1 Å². The summed E-state index contributed by atoms with van der Waals surface area (Å²) in [6.07, 6.45) is 3.61. The fourth-order valence-electron chi connectivity index (χ4n) is 1.87. The lowest BCUT2D eigenvalue weighted by molar-refractivity contribution is 0.241. The quantitative estimate of drug-likeness (QED) is 0.713. The number of rotatable bonds is 4. The van der Waals surface area contributed by atoms with Gasteiger partial charge in [-0.1, -0.05) is 15.9 Å². The Morgan fingerprint density at radius 1 is 1.25 bits per heavy atom. The van der Waals surface area contributed by atoms with Crippen LogP contribution in [0.2, 0.25) is 0 Å². The van der Waals surface area contributed by atoms with Crippen molar-refractivity contribution in [3.63, 3.8) is 0 Å². The molecule has 5 heteroatoms. The fraction of sp³-hybridized carbons (Fsp3) is 0.267. The molecule has 0 aliphatic rings. The summed E-state index contributed by atoms with van der Waals surface area (Å²) in [6, 6.07) is 7.84. The Kier molecular flexibility index (Phi) is 5.40. The Morgan fingerprint density at radius 2 is 2.00 bits per heavy atom. The molecule has 0 aliphatic heterocycles. The van der Waals surface area contributed by atoms with Crippen molar-refractivity contribution in [2.75, 3.05) is 0 Å². The summed E-state index contributed by atoms with van der Waals surface area (Å²) in [6.45, 7) is 3.98. The molecule has 1 unspecified atom stereocenters. The molecular formula is C15H16BrIN2O. The molecule has 1 atom stereocenters. The summed E-state index contributed by atoms with van der Waals surface area (Å²) in [4.78, 5) is 4.21. The lowest BCUT2D eigenvalue weighted by atomic mass is 10.0. The first kappa shape index (κ1) is 15.7. The lowest BCUT2D eigenvalue weighted by Crippen LogP contribution is -2.14. The van der Waals surface area contributed by atoms with Gasteiger partial charge in [0.1, 0.15) is 5.75 Å². The number of hydrogen-bond acceptors (Lipinski definition) is 3. The van der Waals surface area contributed by atoms with Crippen LogP contribution in [0.15, 0.2) is 41.1 Å². The van der Waals surface area contributed by atoms with Gasteiger partial charge in [-0.25, -0.2) is 0 Å². The van der Waals surface area contributed by atoms with Crippen LogP contribution in [-0.4, -0.2) is 11.1 Å². The van der Waals surface area contributed by atoms with Gasteiger partial charge in [0.05, 0.1) is 18.3 Å². The summed E-state index contributed by atoms with van der Waals surface area (Å²) < 4.78 is 7.82. The van der Waals surface area contributed by atoms with Gasteiger partial charge in [-0.3, -0.25) is 4.98 Å². The van der Waals surface area contributed by atoms with Crippen molar-refractivity contribution in [1.82, 2.24) is 4.98 Å². The standard InChI is InChI=1S/C15H16BrIN2O/c1-9(2)20-12-5-10(7-19-8-12)15(18)13-6-11(17)3-4-14(13)16/h3-9,15H,18H2,1-2H3. The summed E-state index contributed by atoms with van der Waals surface area (Å²) in [5.41, 5.74) is 8.33. The number of hydrogen-bond donors (Lipinski definition) is 1. The molecule has 0 saturated heterocycles. The van der Waals surface area contributed by atoms with Gasteiger partial charge in [0.2, 0.25) is 0 Å². The largest absolute Gasteiger partial charge is 0.489 e. The van der Waals surface area contributed by atoms with Crippen LogP contribution in [0.1, 0.15) is 31.0 Å². The molecule has 0 amide bonds. The normalized spacial score (nSPS) is 12.5. The van der Waals surface area contributed by atoms with Crippen LogP contribution in [0, 0.1) is 3.57 Å². The molecule has 1 aromatic carbocycles. The average molecular weight is 447 g/mol. The van der Waals surface area contributed by atoms with Crippen molar-refractivity contribution in [2.24, 2.45) is 5.73 Å². The highest BCUT2D eigenvalue weighted by Crippen LogP contribution is 2.29. The first-order valence-electron chi connectivity index (χ1n) is 6.29. The predicted octanol–water partition coefficient (Wildman–Crippen LogP) is 4.28. The smallest absolute Gasteiger partial charge is 0.138 e. The van der Waals surface area contributed by atoms with E-state index in [1.807, 2.05) is 32.0 Å². The maximum absolute atomic E-state index is 6.36. The second-order valence-corrected chi connectivity index (χ2v) is 6.86. The Labute approximate surface area is 141 Å². The van der Waals surface area contributed by atoms with Crippen molar-refractivity contribution in [3.05, 3.63) is 55.8 Å². The van der Waals surface area contributed by atoms with E-state index in [4.69, 9.17) is 10.5 Å². The van der Waals surface area contributed by atoms with Gasteiger partial charge in [0.15, 0.2) is 0 Å². The molecule has 0 aliphatic carbocycles. The van der Waals surface area contributed by atoms with E-state index >= 15 is 0 Å². The molecule has 3 nitrogen and oxygen atoms in total. The SMILES string of the molecule is CC(C)Oc1cncc(C(N)c2cc(I)ccc2Br)c1. The molecule has 1 heterocycles. The van der Waals surface area contributed by atoms with Crippen molar-refractivity contribution < 1.29 is 4.74 Å². The first-order chi connectivity index (χ1) is 9.47. The molecule has 1 aromatic heterocycles. The summed E-state index contributed by atoms with van der Waals surface area (Å²) in [7, 11) is 0. The Balaban J connectivity index is 2.33. The van der Waals surface area contributed by atoms with Crippen molar-refractivity contribution >= 4 is 38.5 Å². The zero-order valence-electron chi connectivity index (χ0n) is 11.3. The maximum atomic E-state index is 6.36. The molecule has 2 N–H and O–H groups in total. The number of halogens is 2. The van der Waals surface area contributed by atoms with Crippen LogP contribution in [0.3, 0.4) is 0 Å². The van der Waals surface area contributed by atoms with Crippen LogP contribution in [0.5, 0.6) is 5.75 Å². The van der Waals surface area contributed by atoms with E-state index in [1.165, 1.54) is 0 Å². The van der Waals surface area contributed by atoms with Crippen LogP contribution in [0.25, 0.3) is 0 Å². The second kappa shape index (κ2) is 6.87. The van der Waals surface area contributed by atoms with Gasteiger partial charge in [0, 0.05) is 14.2 Å². The van der Waals surface area contributed by atoms with E-state index in [2.05, 4.69) is 49.6 Å². The molecule has 0 fully saturated rings. The van der Waals surface area contributed by atoms with Crippen LogP contribution in [-0.2, 0) is 0 Å². The molecule has 2 aromatic rings. The summed E-state index contributed by atoms with van der Waals surface area (Å²) in [5, 5.41) is 0. The summed E-state index contributed by atoms with van der Waals surface area (Å²) >= 11 is 5.83. The van der Waals surface area contributed by atoms with Crippen molar-refractivity contribution in [2.45, 2.75) is 26.0 Å². The van der Waals surface area contributed by atoms with Crippen molar-refractivity contribution in [3.8, 4) is 5.75 Å². The van der Waals surface area contributed by atoms with E-state index in [0.717, 1.165) is 24.9 Å². The molecule has 0 radical (unpaired) electrons. The minimum Gasteiger partial charge on any atom is -0.489 e. The third-order valence-electron chi connectivity index (χ3n) is 2.76. The first-order valence-corrected chi connectivity index (χ1v) is 8.16. The Bertz CT molecular complexity index is 604. The van der Waals surface area contributed by atoms with Gasteiger partial charge < -0.3 is 10.5 Å². The average Bonchev–Trinajstić information content (AvgIpc) is 2.40. The zero-order chi connectivity index (χ0) is 14.7. The lowest BCUT2D eigenvalue weighted by Gasteiger charge is -2.16. The molecular weight excluding hydrogens is 431 g/mol. The minimum absolute atomic E-state index is 0.118. The molecule has 20 heavy (non-hydrogen) atoms. The minimum atomic E-state index is -0.234. The molecule has 0 saturated carbocycles. The van der Waals surface area contributed by atoms with Gasteiger partial charge in [-0.2, -0.15) is 0 Å². The summed E-state index contributed by atoms with van der Waals surface area (Å²) in [5.74, 6) is 0.745. The van der Waals surface area contributed by atoms with Crippen LogP contribution >= 0.6 is 38.5 Å². The van der Waals surface area contributed by atoms with E-state index < -0.39 is 0 Å². The van der Waals surface area contributed by atoms with Crippen molar-refractivity contribution in [1.29, 1.82) is 0 Å². The number of aromatic nitrogens is 1. The fourth-order valence-corrected chi connectivity index (χ4v) is 2.88. The second-order valence-electron chi connectivity index (χ2n) is 4.76. The Hall–Kier alpha value is -0.660. The highest BCUT2D eigenvalue weighted by atomic mass is 127. The van der Waals surface area contributed by atoms with E-state index in [1.54, 1.807) is 12.4 Å². The monoisotopic (exact) mass is 446 g/mol. The molecule has 2 rings (SSSR count). The highest BCUT2D eigenvalue weighted by Gasteiger charge is 2.14. The van der Waals surface area contributed by atoms with Gasteiger partial charge in [0.25, 0.3) is 0 Å². The molecule has 0 bridgehead atoms. The number of ether oxygens (including phenoxy) is 1. The van der Waals surface area contributed by atoms with E-state index in [-0.39, 0.29) is 12.1 Å². The Morgan fingerprint density at radius 3 is 2.70 bits per heavy atom.